The number of ether oxygens (including phenoxy) is 1. The second-order valence-electron chi connectivity index (χ2n) is 11.5. The van der Waals surface area contributed by atoms with E-state index >= 15 is 0 Å². The van der Waals surface area contributed by atoms with E-state index in [1.165, 1.54) is 25.3 Å². The Bertz CT molecular complexity index is 854. The number of aliphatic hydroxyl groups is 3. The fourth-order valence-electron chi connectivity index (χ4n) is 5.98. The summed E-state index contributed by atoms with van der Waals surface area (Å²) >= 11 is 0. The van der Waals surface area contributed by atoms with Crippen LogP contribution in [0, 0.1) is 11.8 Å². The van der Waals surface area contributed by atoms with Crippen LogP contribution in [0.3, 0.4) is 0 Å². The van der Waals surface area contributed by atoms with E-state index < -0.39 is 23.9 Å². The van der Waals surface area contributed by atoms with E-state index in [1.807, 2.05) is 25.2 Å². The maximum Gasteiger partial charge on any atom is 0.331 e. The molecule has 3 rings (SSSR count). The number of esters is 1. The number of nitrogens with one attached hydrogen (secondary N) is 1. The van der Waals surface area contributed by atoms with E-state index in [0.29, 0.717) is 24.9 Å². The summed E-state index contributed by atoms with van der Waals surface area (Å²) in [5.41, 5.74) is -1.38. The molecule has 0 aromatic rings. The second-order valence-corrected chi connectivity index (χ2v) is 11.8. The zero-order valence-electron chi connectivity index (χ0n) is 23.5. The van der Waals surface area contributed by atoms with Crippen LogP contribution in [0.2, 0.25) is 0 Å². The summed E-state index contributed by atoms with van der Waals surface area (Å²) in [5, 5.41) is 36.1. The Morgan fingerprint density at radius 1 is 1.18 bits per heavy atom. The molecule has 8 atom stereocenters. The van der Waals surface area contributed by atoms with Crippen LogP contribution < -0.4 is 5.32 Å². The number of aliphatic hydroxyl groups excluding tert-OH is 2. The number of rotatable bonds is 14. The quantitative estimate of drug-likeness (QED) is 0.105. The summed E-state index contributed by atoms with van der Waals surface area (Å²) in [6.07, 6.45) is 23.4. The molecule has 0 aromatic heterocycles. The van der Waals surface area contributed by atoms with Gasteiger partial charge in [-0.05, 0) is 63.5 Å². The highest BCUT2D eigenvalue weighted by Crippen LogP contribution is 2.29. The van der Waals surface area contributed by atoms with E-state index in [4.69, 9.17) is 9.26 Å². The van der Waals surface area contributed by atoms with Gasteiger partial charge in [-0.2, -0.15) is 0 Å². The van der Waals surface area contributed by atoms with Crippen LogP contribution in [0.1, 0.15) is 84.0 Å². The van der Waals surface area contributed by atoms with Crippen LogP contribution in [-0.2, 0) is 14.1 Å². The first kappa shape index (κ1) is 32.2. The van der Waals surface area contributed by atoms with Crippen LogP contribution in [0.4, 0.5) is 0 Å². The summed E-state index contributed by atoms with van der Waals surface area (Å²) in [7, 11) is 2.25. The monoisotopic (exact) mass is 563 g/mol. The third-order valence-electron chi connectivity index (χ3n) is 8.46. The SMILES string of the molecule is CCC1C=CC(=O)OC1C=CC(O)(CCNC1CCCCC1)C(CC(O)C=CC=CC1CCCC(O)C1)OP. The molecule has 0 radical (unpaired) electrons. The molecule has 0 spiro atoms. The lowest BCUT2D eigenvalue weighted by atomic mass is 9.86. The van der Waals surface area contributed by atoms with Gasteiger partial charge in [0.25, 0.3) is 0 Å². The molecule has 1 heterocycles. The van der Waals surface area contributed by atoms with Gasteiger partial charge in [-0.15, -0.1) is 0 Å². The average Bonchev–Trinajstić information content (AvgIpc) is 2.93. The van der Waals surface area contributed by atoms with Gasteiger partial charge in [0.1, 0.15) is 11.7 Å². The molecule has 39 heavy (non-hydrogen) atoms. The van der Waals surface area contributed by atoms with E-state index in [-0.39, 0.29) is 24.4 Å². The Labute approximate surface area is 237 Å². The molecule has 0 amide bonds. The zero-order chi connectivity index (χ0) is 28.1. The Kier molecular flexibility index (Phi) is 13.9. The first-order valence-electron chi connectivity index (χ1n) is 14.9. The van der Waals surface area contributed by atoms with E-state index in [9.17, 15) is 20.1 Å². The van der Waals surface area contributed by atoms with Crippen LogP contribution in [0.25, 0.3) is 0 Å². The molecule has 0 aromatic carbocycles. The maximum absolute atomic E-state index is 11.9. The topological polar surface area (TPSA) is 108 Å². The van der Waals surface area contributed by atoms with Crippen molar-refractivity contribution in [1.82, 2.24) is 5.32 Å². The largest absolute Gasteiger partial charge is 0.454 e. The smallest absolute Gasteiger partial charge is 0.331 e. The van der Waals surface area contributed by atoms with Gasteiger partial charge in [0.05, 0.1) is 18.3 Å². The van der Waals surface area contributed by atoms with Crippen molar-refractivity contribution in [1.29, 1.82) is 0 Å². The van der Waals surface area contributed by atoms with Crippen molar-refractivity contribution in [3.63, 3.8) is 0 Å². The van der Waals surface area contributed by atoms with Crippen LogP contribution in [0.15, 0.2) is 48.6 Å². The molecule has 220 valence electrons. The van der Waals surface area contributed by atoms with Crippen molar-refractivity contribution in [2.75, 3.05) is 6.54 Å². The number of allylic oxidation sites excluding steroid dienone is 3. The number of hydrogen-bond acceptors (Lipinski definition) is 7. The first-order chi connectivity index (χ1) is 18.8. The van der Waals surface area contributed by atoms with Crippen molar-refractivity contribution >= 4 is 15.4 Å². The van der Waals surface area contributed by atoms with Crippen molar-refractivity contribution in [2.24, 2.45) is 11.8 Å². The second kappa shape index (κ2) is 16.8. The summed E-state index contributed by atoms with van der Waals surface area (Å²) < 4.78 is 11.2. The lowest BCUT2D eigenvalue weighted by molar-refractivity contribution is -0.143. The standard InChI is InChI=1S/C31H50NO6P/c1-2-24-15-16-30(35)37-28(24)17-18-31(36,19-20-32-25-11-4-3-5-12-25)29(38-39)22-27(34)13-7-6-9-23-10-8-14-26(33)21-23/h6-7,9,13,15-18,23-29,32-34,36H,2-5,8,10-12,14,19-22,39H2,1H3. The molecule has 2 fully saturated rings. The van der Waals surface area contributed by atoms with Gasteiger partial charge >= 0.3 is 5.97 Å². The molecule has 3 aliphatic rings. The fraction of sp³-hybridized carbons (Fsp3) is 0.710. The highest BCUT2D eigenvalue weighted by Gasteiger charge is 2.37. The minimum atomic E-state index is -1.38. The summed E-state index contributed by atoms with van der Waals surface area (Å²) in [6.45, 7) is 2.65. The molecule has 7 nitrogen and oxygen atoms in total. The van der Waals surface area contributed by atoms with Crippen molar-refractivity contribution < 1.29 is 29.4 Å². The summed E-state index contributed by atoms with van der Waals surface area (Å²) in [4.78, 5) is 11.9. The molecule has 2 saturated carbocycles. The minimum absolute atomic E-state index is 0.0459. The minimum Gasteiger partial charge on any atom is -0.454 e. The number of carbonyl (C=O) groups excluding carboxylic acids is 1. The van der Waals surface area contributed by atoms with Crippen LogP contribution in [-0.4, -0.2) is 63.9 Å². The van der Waals surface area contributed by atoms with Crippen molar-refractivity contribution in [3.05, 3.63) is 48.6 Å². The van der Waals surface area contributed by atoms with Crippen molar-refractivity contribution in [2.45, 2.75) is 120 Å². The number of cyclic esters (lactones) is 1. The van der Waals surface area contributed by atoms with Crippen LogP contribution in [0.5, 0.6) is 0 Å². The number of hydrogen-bond donors (Lipinski definition) is 4. The summed E-state index contributed by atoms with van der Waals surface area (Å²) in [5.74, 6) is 0.0258. The van der Waals surface area contributed by atoms with Gasteiger partial charge < -0.3 is 29.9 Å². The fourth-order valence-corrected chi connectivity index (χ4v) is 6.33. The predicted octanol–water partition coefficient (Wildman–Crippen LogP) is 4.68. The van der Waals surface area contributed by atoms with Gasteiger partial charge in [0.2, 0.25) is 0 Å². The lowest BCUT2D eigenvalue weighted by Crippen LogP contribution is -2.46. The molecule has 4 N–H and O–H groups in total. The zero-order valence-corrected chi connectivity index (χ0v) is 24.7. The van der Waals surface area contributed by atoms with Gasteiger partial charge in [-0.3, -0.25) is 0 Å². The molecule has 0 bridgehead atoms. The third kappa shape index (κ3) is 10.9. The van der Waals surface area contributed by atoms with E-state index in [1.54, 1.807) is 18.2 Å². The Morgan fingerprint density at radius 3 is 2.69 bits per heavy atom. The molecule has 0 saturated heterocycles. The number of carbonyl (C=O) groups is 1. The highest BCUT2D eigenvalue weighted by molar-refractivity contribution is 7.09. The highest BCUT2D eigenvalue weighted by atomic mass is 31.0. The first-order valence-corrected chi connectivity index (χ1v) is 15.4. The Balaban J connectivity index is 1.65. The van der Waals surface area contributed by atoms with Crippen LogP contribution >= 0.6 is 9.47 Å². The average molecular weight is 564 g/mol. The third-order valence-corrected chi connectivity index (χ3v) is 8.78. The van der Waals surface area contributed by atoms with E-state index in [0.717, 1.165) is 44.9 Å². The molecule has 2 aliphatic carbocycles. The van der Waals surface area contributed by atoms with Gasteiger partial charge in [-0.25, -0.2) is 4.79 Å². The molecule has 8 unspecified atom stereocenters. The maximum atomic E-state index is 11.9. The van der Waals surface area contributed by atoms with Gasteiger partial charge in [-0.1, -0.05) is 69.1 Å². The normalized spacial score (nSPS) is 30.1. The predicted molar refractivity (Wildman–Crippen MR) is 158 cm³/mol. The molecular weight excluding hydrogens is 513 g/mol. The molecular formula is C31H50NO6P. The summed E-state index contributed by atoms with van der Waals surface area (Å²) in [6, 6.07) is 0.460. The molecule has 1 aliphatic heterocycles. The van der Waals surface area contributed by atoms with Crippen molar-refractivity contribution in [3.8, 4) is 0 Å². The lowest BCUT2D eigenvalue weighted by Gasteiger charge is -2.35. The van der Waals surface area contributed by atoms with Gasteiger partial charge in [0, 0.05) is 33.9 Å². The van der Waals surface area contributed by atoms with Gasteiger partial charge in [0.15, 0.2) is 0 Å². The molecule has 8 heteroatoms. The van der Waals surface area contributed by atoms with E-state index in [2.05, 4.69) is 20.9 Å². The Hall–Kier alpha value is -1.34. The Morgan fingerprint density at radius 2 is 1.97 bits per heavy atom.